The molecule has 4 rings (SSSR count). The Labute approximate surface area is 159 Å². The highest BCUT2D eigenvalue weighted by Gasteiger charge is 2.45. The van der Waals surface area contributed by atoms with Gasteiger partial charge in [-0.3, -0.25) is 4.90 Å². The van der Waals surface area contributed by atoms with Crippen LogP contribution < -0.4 is 0 Å². The molecule has 2 saturated heterocycles. The number of carboxylic acid groups (broad SMARTS) is 1. The lowest BCUT2D eigenvalue weighted by Crippen LogP contribution is -2.59. The van der Waals surface area contributed by atoms with E-state index < -0.39 is 6.09 Å². The topological polar surface area (TPSA) is 67.6 Å². The second-order valence-electron chi connectivity index (χ2n) is 7.47. The van der Waals surface area contributed by atoms with Crippen LogP contribution in [0.2, 0.25) is 0 Å². The first-order valence-corrected chi connectivity index (χ1v) is 9.40. The lowest BCUT2D eigenvalue weighted by Gasteiger charge is -2.46. The number of benzene rings is 2. The summed E-state index contributed by atoms with van der Waals surface area (Å²) < 4.78 is 0. The van der Waals surface area contributed by atoms with E-state index in [1.54, 1.807) is 0 Å². The van der Waals surface area contributed by atoms with Gasteiger partial charge < -0.3 is 10.0 Å². The molecule has 2 aliphatic heterocycles. The van der Waals surface area contributed by atoms with E-state index in [1.807, 2.05) is 36.4 Å². The van der Waals surface area contributed by atoms with Crippen LogP contribution in [0.5, 0.6) is 0 Å². The van der Waals surface area contributed by atoms with Crippen LogP contribution in [-0.4, -0.2) is 52.7 Å². The average molecular weight is 361 g/mol. The fourth-order valence-corrected chi connectivity index (χ4v) is 4.69. The van der Waals surface area contributed by atoms with Gasteiger partial charge in [-0.2, -0.15) is 5.26 Å². The first-order chi connectivity index (χ1) is 13.2. The largest absolute Gasteiger partial charge is 0.465 e. The first kappa shape index (κ1) is 17.6. The summed E-state index contributed by atoms with van der Waals surface area (Å²) >= 11 is 0. The van der Waals surface area contributed by atoms with Gasteiger partial charge in [0, 0.05) is 37.6 Å². The van der Waals surface area contributed by atoms with Crippen molar-refractivity contribution in [2.24, 2.45) is 5.92 Å². The molecule has 1 amide bonds. The maximum atomic E-state index is 11.8. The van der Waals surface area contributed by atoms with Gasteiger partial charge in [-0.05, 0) is 17.5 Å². The molecule has 0 unspecified atom stereocenters. The molecule has 2 aromatic carbocycles. The van der Waals surface area contributed by atoms with Gasteiger partial charge >= 0.3 is 6.09 Å². The van der Waals surface area contributed by atoms with Gasteiger partial charge in [0.15, 0.2) is 0 Å². The number of piperazine rings is 1. The maximum absolute atomic E-state index is 11.8. The number of rotatable bonds is 3. The molecule has 5 nitrogen and oxygen atoms in total. The summed E-state index contributed by atoms with van der Waals surface area (Å²) in [6.07, 6.45) is -0.132. The Morgan fingerprint density at radius 1 is 1.00 bits per heavy atom. The molecular formula is C22H23N3O2. The second kappa shape index (κ2) is 7.42. The van der Waals surface area contributed by atoms with Crippen molar-refractivity contribution >= 4 is 6.09 Å². The summed E-state index contributed by atoms with van der Waals surface area (Å²) in [7, 11) is 0. The molecule has 0 saturated carbocycles. The van der Waals surface area contributed by atoms with Crippen LogP contribution >= 0.6 is 0 Å². The summed E-state index contributed by atoms with van der Waals surface area (Å²) in [4.78, 5) is 15.7. The number of nitriles is 1. The van der Waals surface area contributed by atoms with Crippen molar-refractivity contribution in [3.8, 4) is 6.07 Å². The Kier molecular flexibility index (Phi) is 4.83. The van der Waals surface area contributed by atoms with E-state index in [1.165, 1.54) is 16.0 Å². The molecule has 5 heteroatoms. The lowest BCUT2D eigenvalue weighted by molar-refractivity contribution is 0.0430. The highest BCUT2D eigenvalue weighted by atomic mass is 16.4. The van der Waals surface area contributed by atoms with Gasteiger partial charge in [0.2, 0.25) is 0 Å². The minimum absolute atomic E-state index is 0.0167. The molecular weight excluding hydrogens is 338 g/mol. The Morgan fingerprint density at radius 2 is 1.59 bits per heavy atom. The fourth-order valence-electron chi connectivity index (χ4n) is 4.69. The minimum atomic E-state index is -0.875. The minimum Gasteiger partial charge on any atom is -0.465 e. The normalized spacial score (nSPS) is 25.2. The fraction of sp³-hybridized carbons (Fsp3) is 0.364. The summed E-state index contributed by atoms with van der Waals surface area (Å²) in [6.45, 7) is 1.66. The third-order valence-corrected chi connectivity index (χ3v) is 5.88. The van der Waals surface area contributed by atoms with Gasteiger partial charge in [-0.15, -0.1) is 0 Å². The predicted octanol–water partition coefficient (Wildman–Crippen LogP) is 3.39. The van der Waals surface area contributed by atoms with Crippen molar-refractivity contribution in [2.45, 2.75) is 24.4 Å². The molecule has 2 heterocycles. The number of hydrogen-bond donors (Lipinski definition) is 1. The van der Waals surface area contributed by atoms with Crippen LogP contribution in [0.25, 0.3) is 0 Å². The predicted molar refractivity (Wildman–Crippen MR) is 102 cm³/mol. The SMILES string of the molecule is N#C[C@H]1C[C@H]2CN(C(=O)O)C[C@@H](C(c3ccccc3)c3ccccc3)N2C1. The van der Waals surface area contributed by atoms with Crippen LogP contribution in [0.3, 0.4) is 0 Å². The van der Waals surface area contributed by atoms with E-state index in [2.05, 4.69) is 35.2 Å². The maximum Gasteiger partial charge on any atom is 0.407 e. The van der Waals surface area contributed by atoms with Crippen LogP contribution in [0, 0.1) is 17.2 Å². The van der Waals surface area contributed by atoms with E-state index in [0.29, 0.717) is 13.1 Å². The molecule has 0 aliphatic carbocycles. The average Bonchev–Trinajstić information content (AvgIpc) is 3.13. The quantitative estimate of drug-likeness (QED) is 0.910. The number of fused-ring (bicyclic) bond motifs is 1. The zero-order valence-electron chi connectivity index (χ0n) is 15.1. The van der Waals surface area contributed by atoms with E-state index in [9.17, 15) is 15.2 Å². The van der Waals surface area contributed by atoms with E-state index in [-0.39, 0.29) is 23.9 Å². The Morgan fingerprint density at radius 3 is 2.11 bits per heavy atom. The summed E-state index contributed by atoms with van der Waals surface area (Å²) in [5, 5.41) is 19.1. The van der Waals surface area contributed by atoms with E-state index in [4.69, 9.17) is 0 Å². The van der Waals surface area contributed by atoms with E-state index >= 15 is 0 Å². The van der Waals surface area contributed by atoms with Crippen molar-refractivity contribution in [1.29, 1.82) is 5.26 Å². The number of amides is 1. The van der Waals surface area contributed by atoms with Crippen molar-refractivity contribution in [3.63, 3.8) is 0 Å². The monoisotopic (exact) mass is 361 g/mol. The van der Waals surface area contributed by atoms with Crippen molar-refractivity contribution in [2.75, 3.05) is 19.6 Å². The second-order valence-corrected chi connectivity index (χ2v) is 7.47. The molecule has 0 spiro atoms. The molecule has 2 aliphatic rings. The van der Waals surface area contributed by atoms with Gasteiger partial charge in [-0.25, -0.2) is 4.79 Å². The highest BCUT2D eigenvalue weighted by Crippen LogP contribution is 2.38. The smallest absolute Gasteiger partial charge is 0.407 e. The summed E-state index contributed by atoms with van der Waals surface area (Å²) in [5.41, 5.74) is 2.36. The third-order valence-electron chi connectivity index (χ3n) is 5.88. The zero-order valence-corrected chi connectivity index (χ0v) is 15.1. The zero-order chi connectivity index (χ0) is 18.8. The molecule has 27 heavy (non-hydrogen) atoms. The van der Waals surface area contributed by atoms with E-state index in [0.717, 1.165) is 13.0 Å². The summed E-state index contributed by atoms with van der Waals surface area (Å²) in [6, 6.07) is 23.1. The Bertz CT molecular complexity index is 794. The number of hydrogen-bond acceptors (Lipinski definition) is 3. The molecule has 3 atom stereocenters. The van der Waals surface area contributed by atoms with Gasteiger partial charge in [0.1, 0.15) is 0 Å². The molecule has 0 bridgehead atoms. The van der Waals surface area contributed by atoms with Gasteiger partial charge in [0.05, 0.1) is 12.0 Å². The van der Waals surface area contributed by atoms with Gasteiger partial charge in [0.25, 0.3) is 0 Å². The molecule has 2 aromatic rings. The molecule has 0 radical (unpaired) electrons. The van der Waals surface area contributed by atoms with Crippen molar-refractivity contribution in [3.05, 3.63) is 71.8 Å². The lowest BCUT2D eigenvalue weighted by atomic mass is 9.82. The van der Waals surface area contributed by atoms with Crippen LogP contribution in [0.15, 0.2) is 60.7 Å². The Hall–Kier alpha value is -2.84. The van der Waals surface area contributed by atoms with Crippen molar-refractivity contribution in [1.82, 2.24) is 9.80 Å². The first-order valence-electron chi connectivity index (χ1n) is 9.40. The van der Waals surface area contributed by atoms with Crippen LogP contribution in [0.4, 0.5) is 4.79 Å². The van der Waals surface area contributed by atoms with Crippen LogP contribution in [0.1, 0.15) is 23.5 Å². The summed E-state index contributed by atoms with van der Waals surface area (Å²) in [5.74, 6) is 0.0351. The molecule has 138 valence electrons. The molecule has 1 N–H and O–H groups in total. The molecule has 2 fully saturated rings. The van der Waals surface area contributed by atoms with Gasteiger partial charge in [-0.1, -0.05) is 60.7 Å². The Balaban J connectivity index is 1.77. The highest BCUT2D eigenvalue weighted by molar-refractivity contribution is 5.65. The van der Waals surface area contributed by atoms with Crippen molar-refractivity contribution < 1.29 is 9.90 Å². The third kappa shape index (κ3) is 3.41. The number of carbonyl (C=O) groups is 1. The number of nitrogens with zero attached hydrogens (tertiary/aromatic N) is 3. The standard InChI is InChI=1S/C22H23N3O2/c23-12-16-11-19-14-24(22(26)27)15-20(25(19)13-16)21(17-7-3-1-4-8-17)18-9-5-2-6-10-18/h1-10,16,19-21H,11,13-15H2,(H,26,27)/t16-,19+,20+/m1/s1. The molecule has 0 aromatic heterocycles. The van der Waals surface area contributed by atoms with Crippen LogP contribution in [-0.2, 0) is 0 Å².